The Kier molecular flexibility index (Phi) is 5.12. The number of methoxy groups -OCH3 is 2. The highest BCUT2D eigenvalue weighted by molar-refractivity contribution is 5.93. The molecule has 0 N–H and O–H groups in total. The van der Waals surface area contributed by atoms with Crippen LogP contribution < -0.4 is 15.0 Å². The number of fused-ring (bicyclic) bond motifs is 1. The largest absolute Gasteiger partial charge is 0.497 e. The predicted molar refractivity (Wildman–Crippen MR) is 102 cm³/mol. The molecule has 2 aromatic heterocycles. The zero-order valence-corrected chi connectivity index (χ0v) is 15.7. The van der Waals surface area contributed by atoms with Crippen molar-refractivity contribution in [2.75, 3.05) is 21.3 Å². The van der Waals surface area contributed by atoms with Gasteiger partial charge in [0.25, 0.3) is 11.5 Å². The van der Waals surface area contributed by atoms with Gasteiger partial charge in [0.2, 0.25) is 0 Å². The number of carbonyl (C=O) groups is 1. The molecular weight excluding hydrogens is 346 g/mol. The standard InChI is InChI=1S/C20H21N3O4/c1-13-7-8-23-18(9-13)21-11-16(20(23)25)19(24)22(2)12-14-5-6-15(26-3)10-17(14)27-4/h5-11H,12H2,1-4H3. The summed E-state index contributed by atoms with van der Waals surface area (Å²) in [6.07, 6.45) is 2.96. The van der Waals surface area contributed by atoms with Gasteiger partial charge in [-0.3, -0.25) is 14.0 Å². The molecule has 0 spiro atoms. The van der Waals surface area contributed by atoms with Crippen LogP contribution in [-0.4, -0.2) is 41.5 Å². The van der Waals surface area contributed by atoms with Gasteiger partial charge in [0.15, 0.2) is 0 Å². The van der Waals surface area contributed by atoms with E-state index < -0.39 is 11.5 Å². The molecule has 140 valence electrons. The van der Waals surface area contributed by atoms with Crippen molar-refractivity contribution in [3.8, 4) is 11.5 Å². The van der Waals surface area contributed by atoms with Gasteiger partial charge in [0.05, 0.1) is 14.2 Å². The van der Waals surface area contributed by atoms with Crippen molar-refractivity contribution in [3.05, 3.63) is 69.8 Å². The number of aromatic nitrogens is 2. The summed E-state index contributed by atoms with van der Waals surface area (Å²) in [5.74, 6) is 0.870. The summed E-state index contributed by atoms with van der Waals surface area (Å²) in [6, 6.07) is 8.97. The van der Waals surface area contributed by atoms with Crippen LogP contribution in [-0.2, 0) is 6.54 Å². The van der Waals surface area contributed by atoms with Gasteiger partial charge in [-0.25, -0.2) is 4.98 Å². The summed E-state index contributed by atoms with van der Waals surface area (Å²) in [6.45, 7) is 2.20. The first-order chi connectivity index (χ1) is 12.9. The quantitative estimate of drug-likeness (QED) is 0.692. The zero-order valence-electron chi connectivity index (χ0n) is 15.7. The minimum absolute atomic E-state index is 0.0198. The second kappa shape index (κ2) is 7.49. The third-order valence-corrected chi connectivity index (χ3v) is 4.34. The average molecular weight is 367 g/mol. The smallest absolute Gasteiger partial charge is 0.270 e. The Morgan fingerprint density at radius 2 is 1.96 bits per heavy atom. The molecule has 0 aliphatic carbocycles. The molecule has 0 unspecified atom stereocenters. The van der Waals surface area contributed by atoms with Gasteiger partial charge in [0.1, 0.15) is 22.7 Å². The molecule has 0 radical (unpaired) electrons. The molecule has 3 aromatic rings. The van der Waals surface area contributed by atoms with Crippen LogP contribution in [0.25, 0.3) is 5.65 Å². The van der Waals surface area contributed by atoms with E-state index in [-0.39, 0.29) is 12.1 Å². The maximum atomic E-state index is 12.8. The van der Waals surface area contributed by atoms with E-state index in [1.165, 1.54) is 15.5 Å². The maximum Gasteiger partial charge on any atom is 0.270 e. The molecule has 7 heteroatoms. The molecule has 0 saturated carbocycles. The minimum Gasteiger partial charge on any atom is -0.497 e. The van der Waals surface area contributed by atoms with E-state index in [0.29, 0.717) is 17.1 Å². The molecule has 0 saturated heterocycles. The van der Waals surface area contributed by atoms with Crippen molar-refractivity contribution in [1.29, 1.82) is 0 Å². The second-order valence-corrected chi connectivity index (χ2v) is 6.25. The Bertz CT molecular complexity index is 1060. The van der Waals surface area contributed by atoms with E-state index >= 15 is 0 Å². The molecule has 0 bridgehead atoms. The zero-order chi connectivity index (χ0) is 19.6. The number of nitrogens with zero attached hydrogens (tertiary/aromatic N) is 3. The normalized spacial score (nSPS) is 10.7. The lowest BCUT2D eigenvalue weighted by Crippen LogP contribution is -2.33. The van der Waals surface area contributed by atoms with E-state index in [9.17, 15) is 9.59 Å². The van der Waals surface area contributed by atoms with Crippen molar-refractivity contribution < 1.29 is 14.3 Å². The van der Waals surface area contributed by atoms with Crippen LogP contribution in [0.1, 0.15) is 21.5 Å². The fourth-order valence-corrected chi connectivity index (χ4v) is 2.84. The number of hydrogen-bond acceptors (Lipinski definition) is 5. The summed E-state index contributed by atoms with van der Waals surface area (Å²) in [7, 11) is 4.77. The highest BCUT2D eigenvalue weighted by Gasteiger charge is 2.19. The Morgan fingerprint density at radius 1 is 1.19 bits per heavy atom. The van der Waals surface area contributed by atoms with Gasteiger partial charge < -0.3 is 14.4 Å². The summed E-state index contributed by atoms with van der Waals surface area (Å²) in [5, 5.41) is 0. The first-order valence-electron chi connectivity index (χ1n) is 8.39. The van der Waals surface area contributed by atoms with Crippen molar-refractivity contribution in [3.63, 3.8) is 0 Å². The topological polar surface area (TPSA) is 73.1 Å². The monoisotopic (exact) mass is 367 g/mol. The first-order valence-corrected chi connectivity index (χ1v) is 8.39. The van der Waals surface area contributed by atoms with Gasteiger partial charge in [-0.15, -0.1) is 0 Å². The van der Waals surface area contributed by atoms with Crippen LogP contribution >= 0.6 is 0 Å². The minimum atomic E-state index is -0.402. The predicted octanol–water partition coefficient (Wildman–Crippen LogP) is 2.29. The third-order valence-electron chi connectivity index (χ3n) is 4.34. The van der Waals surface area contributed by atoms with E-state index in [4.69, 9.17) is 9.47 Å². The highest BCUT2D eigenvalue weighted by Crippen LogP contribution is 2.25. The highest BCUT2D eigenvalue weighted by atomic mass is 16.5. The summed E-state index contributed by atoms with van der Waals surface area (Å²) in [4.78, 5) is 31.2. The maximum absolute atomic E-state index is 12.8. The lowest BCUT2D eigenvalue weighted by Gasteiger charge is -2.19. The first kappa shape index (κ1) is 18.4. The molecule has 0 atom stereocenters. The SMILES string of the molecule is COc1ccc(CN(C)C(=O)c2cnc3cc(C)ccn3c2=O)c(OC)c1. The molecule has 7 nitrogen and oxygen atoms in total. The third kappa shape index (κ3) is 3.62. The van der Waals surface area contributed by atoms with Crippen molar-refractivity contribution >= 4 is 11.6 Å². The van der Waals surface area contributed by atoms with Crippen molar-refractivity contribution in [2.45, 2.75) is 13.5 Å². The molecule has 0 aliphatic heterocycles. The number of hydrogen-bond donors (Lipinski definition) is 0. The van der Waals surface area contributed by atoms with Crippen LogP contribution in [0.3, 0.4) is 0 Å². The van der Waals surface area contributed by atoms with Crippen LogP contribution in [0.15, 0.2) is 47.5 Å². The number of amides is 1. The van der Waals surface area contributed by atoms with E-state index in [1.54, 1.807) is 51.7 Å². The number of carbonyl (C=O) groups excluding carboxylic acids is 1. The second-order valence-electron chi connectivity index (χ2n) is 6.25. The molecule has 3 rings (SSSR count). The van der Waals surface area contributed by atoms with Crippen molar-refractivity contribution in [2.24, 2.45) is 0 Å². The molecule has 2 heterocycles. The number of benzene rings is 1. The number of pyridine rings is 1. The number of rotatable bonds is 5. The van der Waals surface area contributed by atoms with E-state index in [2.05, 4.69) is 4.98 Å². The molecule has 1 aromatic carbocycles. The Hall–Kier alpha value is -3.35. The number of ether oxygens (including phenoxy) is 2. The van der Waals surface area contributed by atoms with Crippen LogP contribution in [0, 0.1) is 6.92 Å². The van der Waals surface area contributed by atoms with Gasteiger partial charge in [-0.2, -0.15) is 0 Å². The summed E-state index contributed by atoms with van der Waals surface area (Å²) < 4.78 is 11.9. The van der Waals surface area contributed by atoms with Gasteiger partial charge in [-0.05, 0) is 36.8 Å². The Balaban J connectivity index is 1.90. The Labute approximate surface area is 156 Å². The molecular formula is C20H21N3O4. The van der Waals surface area contributed by atoms with E-state index in [1.807, 2.05) is 13.0 Å². The Morgan fingerprint density at radius 3 is 2.67 bits per heavy atom. The van der Waals surface area contributed by atoms with Gasteiger partial charge >= 0.3 is 0 Å². The van der Waals surface area contributed by atoms with Crippen LogP contribution in [0.5, 0.6) is 11.5 Å². The average Bonchev–Trinajstić information content (AvgIpc) is 2.67. The van der Waals surface area contributed by atoms with Crippen LogP contribution in [0.2, 0.25) is 0 Å². The van der Waals surface area contributed by atoms with Gasteiger partial charge in [0, 0.05) is 37.6 Å². The molecule has 0 fully saturated rings. The lowest BCUT2D eigenvalue weighted by molar-refractivity contribution is 0.0782. The van der Waals surface area contributed by atoms with Crippen molar-refractivity contribution in [1.82, 2.24) is 14.3 Å². The van der Waals surface area contributed by atoms with E-state index in [0.717, 1.165) is 11.1 Å². The summed E-state index contributed by atoms with van der Waals surface area (Å²) in [5.41, 5.74) is 1.93. The fraction of sp³-hybridized carbons (Fsp3) is 0.250. The molecule has 1 amide bonds. The molecule has 27 heavy (non-hydrogen) atoms. The summed E-state index contributed by atoms with van der Waals surface area (Å²) >= 11 is 0. The molecule has 0 aliphatic rings. The fourth-order valence-electron chi connectivity index (χ4n) is 2.84. The van der Waals surface area contributed by atoms with Gasteiger partial charge in [-0.1, -0.05) is 0 Å². The lowest BCUT2D eigenvalue weighted by atomic mass is 10.1. The number of aryl methyl sites for hydroxylation is 1. The van der Waals surface area contributed by atoms with Crippen LogP contribution in [0.4, 0.5) is 0 Å².